The van der Waals surface area contributed by atoms with E-state index in [2.05, 4.69) is 9.97 Å². The standard InChI is InChI=1S/C21H13N3O3/c25-19-13-7-1-2-9-15(13)27-20-17(19)18(14-8-3-5-11-22-14)24(21(20)26)16-10-4-6-12-23-16/h1-12,18H/t18-/m0/s1. The Morgan fingerprint density at radius 3 is 2.33 bits per heavy atom. The molecule has 1 amide bonds. The highest BCUT2D eigenvalue weighted by Gasteiger charge is 2.44. The SMILES string of the molecule is O=C1c2oc3ccccc3c(=O)c2[C@H](c2ccccn2)N1c1ccccn1. The van der Waals surface area contributed by atoms with Crippen molar-refractivity contribution in [1.29, 1.82) is 0 Å². The highest BCUT2D eigenvalue weighted by molar-refractivity contribution is 6.10. The third-order valence-electron chi connectivity index (χ3n) is 4.64. The van der Waals surface area contributed by atoms with E-state index in [1.165, 1.54) is 4.90 Å². The number of fused-ring (bicyclic) bond motifs is 2. The average molecular weight is 355 g/mol. The highest BCUT2D eigenvalue weighted by atomic mass is 16.3. The fraction of sp³-hybridized carbons (Fsp3) is 0.0476. The number of carbonyl (C=O) groups excluding carboxylic acids is 1. The van der Waals surface area contributed by atoms with Crippen molar-refractivity contribution >= 4 is 22.7 Å². The number of pyridine rings is 2. The number of carbonyl (C=O) groups is 1. The van der Waals surface area contributed by atoms with Crippen LogP contribution in [0.25, 0.3) is 11.0 Å². The minimum atomic E-state index is -0.690. The summed E-state index contributed by atoms with van der Waals surface area (Å²) in [7, 11) is 0. The van der Waals surface area contributed by atoms with Gasteiger partial charge < -0.3 is 4.42 Å². The summed E-state index contributed by atoms with van der Waals surface area (Å²) < 4.78 is 5.85. The summed E-state index contributed by atoms with van der Waals surface area (Å²) in [6, 6.07) is 16.9. The molecule has 4 heterocycles. The maximum Gasteiger partial charge on any atom is 0.296 e. The predicted octanol–water partition coefficient (Wildman–Crippen LogP) is 3.33. The zero-order chi connectivity index (χ0) is 18.4. The van der Waals surface area contributed by atoms with Gasteiger partial charge >= 0.3 is 0 Å². The van der Waals surface area contributed by atoms with Crippen molar-refractivity contribution < 1.29 is 9.21 Å². The fourth-order valence-corrected chi connectivity index (χ4v) is 3.47. The van der Waals surface area contributed by atoms with Gasteiger partial charge in [0.25, 0.3) is 5.91 Å². The van der Waals surface area contributed by atoms with Gasteiger partial charge in [-0.25, -0.2) is 4.98 Å². The van der Waals surface area contributed by atoms with Gasteiger partial charge in [0.1, 0.15) is 17.4 Å². The molecule has 0 radical (unpaired) electrons. The van der Waals surface area contributed by atoms with Crippen LogP contribution < -0.4 is 10.3 Å². The molecule has 6 nitrogen and oxygen atoms in total. The molecule has 1 aromatic carbocycles. The van der Waals surface area contributed by atoms with Crippen LogP contribution in [0, 0.1) is 0 Å². The Balaban J connectivity index is 1.84. The fourth-order valence-electron chi connectivity index (χ4n) is 3.47. The zero-order valence-corrected chi connectivity index (χ0v) is 14.1. The first-order valence-electron chi connectivity index (χ1n) is 8.47. The first-order valence-corrected chi connectivity index (χ1v) is 8.47. The van der Waals surface area contributed by atoms with Gasteiger partial charge in [-0.15, -0.1) is 0 Å². The third kappa shape index (κ3) is 2.27. The van der Waals surface area contributed by atoms with E-state index >= 15 is 0 Å². The quantitative estimate of drug-likeness (QED) is 0.551. The molecule has 0 bridgehead atoms. The van der Waals surface area contributed by atoms with Crippen LogP contribution in [0.15, 0.2) is 82.3 Å². The number of anilines is 1. The third-order valence-corrected chi connectivity index (χ3v) is 4.64. The molecule has 6 heteroatoms. The van der Waals surface area contributed by atoms with Crippen LogP contribution in [0.1, 0.15) is 27.9 Å². The van der Waals surface area contributed by atoms with E-state index in [0.717, 1.165) is 0 Å². The Labute approximate surface area is 153 Å². The summed E-state index contributed by atoms with van der Waals surface area (Å²) >= 11 is 0. The first-order chi connectivity index (χ1) is 13.3. The molecule has 0 saturated carbocycles. The molecular weight excluding hydrogens is 342 g/mol. The Kier molecular flexibility index (Phi) is 3.36. The lowest BCUT2D eigenvalue weighted by atomic mass is 10.0. The largest absolute Gasteiger partial charge is 0.450 e. The van der Waals surface area contributed by atoms with Gasteiger partial charge in [0.15, 0.2) is 5.43 Å². The maximum absolute atomic E-state index is 13.2. The van der Waals surface area contributed by atoms with Crippen molar-refractivity contribution in [2.45, 2.75) is 6.04 Å². The lowest BCUT2D eigenvalue weighted by Crippen LogP contribution is -2.30. The smallest absolute Gasteiger partial charge is 0.296 e. The minimum absolute atomic E-state index is 0.0417. The predicted molar refractivity (Wildman–Crippen MR) is 99.6 cm³/mol. The van der Waals surface area contributed by atoms with E-state index in [9.17, 15) is 9.59 Å². The van der Waals surface area contributed by atoms with Gasteiger partial charge in [0, 0.05) is 12.4 Å². The molecule has 4 aromatic rings. The summed E-state index contributed by atoms with van der Waals surface area (Å²) in [6.45, 7) is 0. The molecule has 1 aliphatic heterocycles. The second kappa shape index (κ2) is 5.88. The zero-order valence-electron chi connectivity index (χ0n) is 14.1. The van der Waals surface area contributed by atoms with E-state index in [1.807, 2.05) is 6.07 Å². The van der Waals surface area contributed by atoms with E-state index in [4.69, 9.17) is 4.42 Å². The van der Waals surface area contributed by atoms with E-state index in [0.29, 0.717) is 28.0 Å². The van der Waals surface area contributed by atoms with E-state index in [-0.39, 0.29) is 11.2 Å². The second-order valence-electron chi connectivity index (χ2n) is 6.19. The molecule has 0 unspecified atom stereocenters. The lowest BCUT2D eigenvalue weighted by Gasteiger charge is -2.23. The summed E-state index contributed by atoms with van der Waals surface area (Å²) in [4.78, 5) is 36.6. The van der Waals surface area contributed by atoms with Crippen molar-refractivity contribution in [3.05, 3.63) is 100 Å². The molecule has 0 spiro atoms. The van der Waals surface area contributed by atoms with Gasteiger partial charge in [0.2, 0.25) is 5.76 Å². The number of hydrogen-bond donors (Lipinski definition) is 0. The Morgan fingerprint density at radius 1 is 0.852 bits per heavy atom. The molecule has 0 aliphatic carbocycles. The first kappa shape index (κ1) is 15.5. The average Bonchev–Trinajstić information content (AvgIpc) is 3.02. The summed E-state index contributed by atoms with van der Waals surface area (Å²) in [5.74, 6) is 0.0789. The molecular formula is C21H13N3O3. The van der Waals surface area contributed by atoms with Gasteiger partial charge in [-0.2, -0.15) is 0 Å². The number of benzene rings is 1. The van der Waals surface area contributed by atoms with Crippen molar-refractivity contribution in [2.24, 2.45) is 0 Å². The van der Waals surface area contributed by atoms with Crippen molar-refractivity contribution in [3.8, 4) is 0 Å². The van der Waals surface area contributed by atoms with Gasteiger partial charge in [0.05, 0.1) is 16.6 Å². The van der Waals surface area contributed by atoms with Crippen molar-refractivity contribution in [2.75, 3.05) is 4.90 Å². The molecule has 130 valence electrons. The molecule has 0 saturated heterocycles. The normalized spacial score (nSPS) is 15.9. The molecule has 0 N–H and O–H groups in total. The van der Waals surface area contributed by atoms with Crippen LogP contribution >= 0.6 is 0 Å². The van der Waals surface area contributed by atoms with Crippen LogP contribution in [-0.4, -0.2) is 15.9 Å². The number of amides is 1. The lowest BCUT2D eigenvalue weighted by molar-refractivity contribution is 0.0970. The van der Waals surface area contributed by atoms with Crippen molar-refractivity contribution in [1.82, 2.24) is 9.97 Å². The minimum Gasteiger partial charge on any atom is -0.450 e. The number of para-hydroxylation sites is 1. The number of hydrogen-bond acceptors (Lipinski definition) is 5. The molecule has 0 fully saturated rings. The van der Waals surface area contributed by atoms with Crippen molar-refractivity contribution in [3.63, 3.8) is 0 Å². The Hall–Kier alpha value is -3.80. The van der Waals surface area contributed by atoms with Crippen LogP contribution in [0.4, 0.5) is 5.82 Å². The molecule has 27 heavy (non-hydrogen) atoms. The highest BCUT2D eigenvalue weighted by Crippen LogP contribution is 2.39. The Bertz CT molecular complexity index is 1220. The Morgan fingerprint density at radius 2 is 1.59 bits per heavy atom. The number of rotatable bonds is 2. The summed E-state index contributed by atoms with van der Waals surface area (Å²) in [5.41, 5.74) is 1.03. The van der Waals surface area contributed by atoms with E-state index in [1.54, 1.807) is 67.0 Å². The van der Waals surface area contributed by atoms with E-state index < -0.39 is 11.9 Å². The second-order valence-corrected chi connectivity index (χ2v) is 6.19. The number of nitrogens with zero attached hydrogens (tertiary/aromatic N) is 3. The van der Waals surface area contributed by atoms with Gasteiger partial charge in [-0.1, -0.05) is 24.3 Å². The topological polar surface area (TPSA) is 76.3 Å². The van der Waals surface area contributed by atoms with Crippen LogP contribution in [0.2, 0.25) is 0 Å². The molecule has 5 rings (SSSR count). The van der Waals surface area contributed by atoms with Crippen LogP contribution in [0.3, 0.4) is 0 Å². The molecule has 1 aliphatic rings. The van der Waals surface area contributed by atoms with Crippen LogP contribution in [0.5, 0.6) is 0 Å². The number of aromatic nitrogens is 2. The molecule has 3 aromatic heterocycles. The maximum atomic E-state index is 13.2. The van der Waals surface area contributed by atoms with Crippen LogP contribution in [-0.2, 0) is 0 Å². The van der Waals surface area contributed by atoms with Gasteiger partial charge in [-0.3, -0.25) is 19.5 Å². The molecule has 1 atom stereocenters. The monoisotopic (exact) mass is 355 g/mol. The summed E-state index contributed by atoms with van der Waals surface area (Å²) in [6.07, 6.45) is 3.24. The van der Waals surface area contributed by atoms with Gasteiger partial charge in [-0.05, 0) is 36.4 Å². The summed E-state index contributed by atoms with van der Waals surface area (Å²) in [5, 5.41) is 0.438.